The molecule has 0 saturated carbocycles. The quantitative estimate of drug-likeness (QED) is 0.645. The largest absolute Gasteiger partial charge is 0.508 e. The molecule has 0 aliphatic carbocycles. The number of benzene rings is 1. The number of phenols is 1. The highest BCUT2D eigenvalue weighted by Crippen LogP contribution is 2.12. The second-order valence-corrected chi connectivity index (χ2v) is 3.50. The first-order chi connectivity index (χ1) is 8.25. The maximum Gasteiger partial charge on any atom is 0.186 e. The Kier molecular flexibility index (Phi) is 3.31. The topological polar surface area (TPSA) is 50.2 Å². The molecule has 3 heteroatoms. The van der Waals surface area contributed by atoms with Crippen LogP contribution in [0.1, 0.15) is 16.1 Å². The molecule has 0 aliphatic rings. The van der Waals surface area contributed by atoms with Crippen molar-refractivity contribution in [3.8, 4) is 5.75 Å². The van der Waals surface area contributed by atoms with Gasteiger partial charge in [0.05, 0.1) is 5.69 Å². The molecule has 3 nitrogen and oxygen atoms in total. The molecule has 84 valence electrons. The molecule has 0 atom stereocenters. The van der Waals surface area contributed by atoms with E-state index < -0.39 is 0 Å². The number of pyridine rings is 1. The van der Waals surface area contributed by atoms with Gasteiger partial charge in [-0.3, -0.25) is 9.78 Å². The summed E-state index contributed by atoms with van der Waals surface area (Å²) in [6.45, 7) is 0. The van der Waals surface area contributed by atoms with Crippen LogP contribution in [0.5, 0.6) is 5.75 Å². The normalized spacial score (nSPS) is 10.6. The van der Waals surface area contributed by atoms with E-state index in [1.54, 1.807) is 24.4 Å². The fourth-order valence-corrected chi connectivity index (χ4v) is 1.39. The van der Waals surface area contributed by atoms with Crippen LogP contribution in [-0.4, -0.2) is 15.9 Å². The van der Waals surface area contributed by atoms with Crippen LogP contribution in [-0.2, 0) is 0 Å². The number of nitrogens with zero attached hydrogens (tertiary/aromatic N) is 1. The van der Waals surface area contributed by atoms with E-state index in [-0.39, 0.29) is 11.5 Å². The second-order valence-electron chi connectivity index (χ2n) is 3.50. The number of rotatable bonds is 3. The monoisotopic (exact) mass is 225 g/mol. The summed E-state index contributed by atoms with van der Waals surface area (Å²) in [4.78, 5) is 15.8. The first-order valence-electron chi connectivity index (χ1n) is 5.18. The highest BCUT2D eigenvalue weighted by atomic mass is 16.3. The van der Waals surface area contributed by atoms with Gasteiger partial charge in [0, 0.05) is 11.8 Å². The number of aromatic hydroxyl groups is 1. The van der Waals surface area contributed by atoms with Crippen LogP contribution in [0.4, 0.5) is 0 Å². The number of hydrogen-bond donors (Lipinski definition) is 1. The van der Waals surface area contributed by atoms with Crippen molar-refractivity contribution < 1.29 is 9.90 Å². The summed E-state index contributed by atoms with van der Waals surface area (Å²) < 4.78 is 0. The first kappa shape index (κ1) is 11.1. The predicted octanol–water partition coefficient (Wildman–Crippen LogP) is 2.68. The Balaban J connectivity index is 2.15. The van der Waals surface area contributed by atoms with Crippen LogP contribution >= 0.6 is 0 Å². The number of phenolic OH excluding ortho intramolecular Hbond substituents is 1. The van der Waals surface area contributed by atoms with Crippen LogP contribution in [0.15, 0.2) is 54.7 Å². The molecule has 0 bridgehead atoms. The minimum Gasteiger partial charge on any atom is -0.508 e. The van der Waals surface area contributed by atoms with Gasteiger partial charge in [0.15, 0.2) is 5.78 Å². The number of ketones is 1. The van der Waals surface area contributed by atoms with E-state index in [4.69, 9.17) is 0 Å². The number of aromatic nitrogens is 1. The van der Waals surface area contributed by atoms with Crippen LogP contribution < -0.4 is 0 Å². The molecule has 1 aromatic heterocycles. The van der Waals surface area contributed by atoms with Gasteiger partial charge in [-0.2, -0.15) is 0 Å². The Morgan fingerprint density at radius 3 is 2.76 bits per heavy atom. The van der Waals surface area contributed by atoms with Crippen molar-refractivity contribution >= 4 is 11.9 Å². The third kappa shape index (κ3) is 3.01. The molecule has 2 rings (SSSR count). The van der Waals surface area contributed by atoms with Crippen molar-refractivity contribution in [3.63, 3.8) is 0 Å². The third-order valence-corrected chi connectivity index (χ3v) is 2.22. The van der Waals surface area contributed by atoms with Crippen LogP contribution in [0.2, 0.25) is 0 Å². The van der Waals surface area contributed by atoms with Crippen molar-refractivity contribution in [1.82, 2.24) is 4.98 Å². The molecule has 0 aliphatic heterocycles. The Bertz CT molecular complexity index is 547. The fraction of sp³-hybridized carbons (Fsp3) is 0. The van der Waals surface area contributed by atoms with E-state index in [1.807, 2.05) is 18.2 Å². The second kappa shape index (κ2) is 5.07. The molecule has 1 aromatic carbocycles. The number of allylic oxidation sites excluding steroid dienone is 1. The van der Waals surface area contributed by atoms with Crippen molar-refractivity contribution in [2.24, 2.45) is 0 Å². The Labute approximate surface area is 99.1 Å². The van der Waals surface area contributed by atoms with Crippen LogP contribution in [0.3, 0.4) is 0 Å². The lowest BCUT2D eigenvalue weighted by atomic mass is 10.1. The van der Waals surface area contributed by atoms with Crippen LogP contribution in [0.25, 0.3) is 6.08 Å². The summed E-state index contributed by atoms with van der Waals surface area (Å²) in [6.07, 6.45) is 4.75. The molecule has 0 unspecified atom stereocenters. The highest BCUT2D eigenvalue weighted by molar-refractivity contribution is 6.06. The average Bonchev–Trinajstić information content (AvgIpc) is 2.37. The van der Waals surface area contributed by atoms with Gasteiger partial charge in [-0.1, -0.05) is 18.2 Å². The van der Waals surface area contributed by atoms with Crippen LogP contribution in [0, 0.1) is 0 Å². The highest BCUT2D eigenvalue weighted by Gasteiger charge is 2.01. The van der Waals surface area contributed by atoms with Gasteiger partial charge >= 0.3 is 0 Å². The molecule has 17 heavy (non-hydrogen) atoms. The first-order valence-corrected chi connectivity index (χ1v) is 5.18. The summed E-state index contributed by atoms with van der Waals surface area (Å²) in [5.74, 6) is -0.0753. The van der Waals surface area contributed by atoms with E-state index in [2.05, 4.69) is 4.98 Å². The van der Waals surface area contributed by atoms with Gasteiger partial charge < -0.3 is 5.11 Å². The molecule has 0 fully saturated rings. The van der Waals surface area contributed by atoms with E-state index in [1.165, 1.54) is 18.2 Å². The van der Waals surface area contributed by atoms with E-state index in [9.17, 15) is 9.90 Å². The maximum absolute atomic E-state index is 11.7. The Morgan fingerprint density at radius 2 is 2.06 bits per heavy atom. The van der Waals surface area contributed by atoms with Gasteiger partial charge in [0.25, 0.3) is 0 Å². The molecule has 1 heterocycles. The molecule has 2 aromatic rings. The summed E-state index contributed by atoms with van der Waals surface area (Å²) in [7, 11) is 0. The predicted molar refractivity (Wildman–Crippen MR) is 65.7 cm³/mol. The maximum atomic E-state index is 11.7. The Morgan fingerprint density at radius 1 is 1.18 bits per heavy atom. The van der Waals surface area contributed by atoms with Crippen molar-refractivity contribution in [3.05, 3.63) is 66.0 Å². The molecule has 1 N–H and O–H groups in total. The van der Waals surface area contributed by atoms with E-state index in [0.717, 1.165) is 5.69 Å². The minimum atomic E-state index is -0.161. The molecule has 0 spiro atoms. The summed E-state index contributed by atoms with van der Waals surface area (Å²) >= 11 is 0. The number of hydrogen-bond acceptors (Lipinski definition) is 3. The number of carbonyl (C=O) groups is 1. The summed E-state index contributed by atoms with van der Waals surface area (Å²) in [5, 5.41) is 9.26. The Hall–Kier alpha value is -2.42. The standard InChI is InChI=1S/C14H11NO2/c16-13-6-3-4-11(10-13)14(17)8-7-12-5-1-2-9-15-12/h1-10,16H. The zero-order valence-electron chi connectivity index (χ0n) is 9.08. The lowest BCUT2D eigenvalue weighted by Crippen LogP contribution is -1.93. The van der Waals surface area contributed by atoms with Crippen molar-refractivity contribution in [2.75, 3.05) is 0 Å². The SMILES string of the molecule is O=C(C=Cc1ccccn1)c1cccc(O)c1. The fourth-order valence-electron chi connectivity index (χ4n) is 1.39. The molecular formula is C14H11NO2. The number of carbonyl (C=O) groups excluding carboxylic acids is 1. The lowest BCUT2D eigenvalue weighted by Gasteiger charge is -1.96. The summed E-state index contributed by atoms with van der Waals surface area (Å²) in [5.41, 5.74) is 1.18. The summed E-state index contributed by atoms with van der Waals surface area (Å²) in [6, 6.07) is 11.7. The molecule has 0 radical (unpaired) electrons. The zero-order valence-corrected chi connectivity index (χ0v) is 9.08. The third-order valence-electron chi connectivity index (χ3n) is 2.22. The van der Waals surface area contributed by atoms with E-state index in [0.29, 0.717) is 5.56 Å². The minimum absolute atomic E-state index is 0.0853. The molecular weight excluding hydrogens is 214 g/mol. The molecule has 0 amide bonds. The van der Waals surface area contributed by atoms with Gasteiger partial charge in [0.2, 0.25) is 0 Å². The van der Waals surface area contributed by atoms with Gasteiger partial charge in [-0.25, -0.2) is 0 Å². The van der Waals surface area contributed by atoms with Gasteiger partial charge in [0.1, 0.15) is 5.75 Å². The molecule has 0 saturated heterocycles. The van der Waals surface area contributed by atoms with Gasteiger partial charge in [-0.05, 0) is 36.4 Å². The van der Waals surface area contributed by atoms with Crippen molar-refractivity contribution in [1.29, 1.82) is 0 Å². The van der Waals surface area contributed by atoms with E-state index >= 15 is 0 Å². The average molecular weight is 225 g/mol. The smallest absolute Gasteiger partial charge is 0.186 e. The van der Waals surface area contributed by atoms with Crippen molar-refractivity contribution in [2.45, 2.75) is 0 Å². The van der Waals surface area contributed by atoms with Gasteiger partial charge in [-0.15, -0.1) is 0 Å². The zero-order chi connectivity index (χ0) is 12.1. The lowest BCUT2D eigenvalue weighted by molar-refractivity contribution is 0.104.